The van der Waals surface area contributed by atoms with Crippen LogP contribution in [-0.2, 0) is 6.18 Å². The minimum Gasteiger partial charge on any atom is -0.423 e. The number of hydrogen-bond acceptors (Lipinski definition) is 4. The van der Waals surface area contributed by atoms with Crippen molar-refractivity contribution in [2.24, 2.45) is 0 Å². The van der Waals surface area contributed by atoms with E-state index in [4.69, 9.17) is 9.47 Å². The average molecular weight is 558 g/mol. The molecule has 5 aromatic rings. The number of alkyl halides is 3. The number of benzene rings is 5. The lowest BCUT2D eigenvalue weighted by Gasteiger charge is -2.16. The molecule has 0 unspecified atom stereocenters. The quantitative estimate of drug-likeness (QED) is 0.0971. The van der Waals surface area contributed by atoms with Crippen molar-refractivity contribution in [1.82, 2.24) is 0 Å². The van der Waals surface area contributed by atoms with E-state index in [-0.39, 0.29) is 33.0 Å². The molecule has 5 rings (SSSR count). The first-order chi connectivity index (χ1) is 18.9. The Morgan fingerprint density at radius 2 is 1.10 bits per heavy atom. The Labute approximate surface area is 220 Å². The average Bonchev–Trinajstić information content (AvgIpc) is 2.89. The maximum absolute atomic E-state index is 14.3. The van der Waals surface area contributed by atoms with Crippen LogP contribution in [0.25, 0.3) is 21.5 Å². The van der Waals surface area contributed by atoms with E-state index in [1.54, 1.807) is 0 Å². The molecule has 202 valence electrons. The third-order valence-electron chi connectivity index (χ3n) is 5.95. The molecule has 0 spiro atoms. The van der Waals surface area contributed by atoms with Gasteiger partial charge in [0.2, 0.25) is 0 Å². The Balaban J connectivity index is 1.54. The summed E-state index contributed by atoms with van der Waals surface area (Å²) in [7, 11) is 0. The van der Waals surface area contributed by atoms with Gasteiger partial charge < -0.3 is 9.47 Å². The van der Waals surface area contributed by atoms with Crippen molar-refractivity contribution in [3.8, 4) is 11.5 Å². The molecule has 0 atom stereocenters. The molecule has 5 aromatic carbocycles. The van der Waals surface area contributed by atoms with Crippen LogP contribution in [0.3, 0.4) is 0 Å². The summed E-state index contributed by atoms with van der Waals surface area (Å²) in [5.41, 5.74) is -2.55. The molecular formula is C29H13F7O4. The second-order valence-corrected chi connectivity index (χ2v) is 8.50. The summed E-state index contributed by atoms with van der Waals surface area (Å²) in [4.78, 5) is 24.7. The number of ether oxygens (including phenoxy) is 2. The molecule has 0 saturated heterocycles. The Morgan fingerprint density at radius 3 is 1.65 bits per heavy atom. The summed E-state index contributed by atoms with van der Waals surface area (Å²) >= 11 is 0. The molecule has 0 aromatic heterocycles. The second kappa shape index (κ2) is 9.99. The molecule has 0 saturated carbocycles. The Morgan fingerprint density at radius 1 is 0.575 bits per heavy atom. The molecule has 0 fully saturated rings. The van der Waals surface area contributed by atoms with Gasteiger partial charge in [0.05, 0.1) is 16.7 Å². The van der Waals surface area contributed by atoms with Gasteiger partial charge in [0.1, 0.15) is 11.5 Å². The largest absolute Gasteiger partial charge is 0.423 e. The van der Waals surface area contributed by atoms with Gasteiger partial charge in [0.25, 0.3) is 0 Å². The lowest BCUT2D eigenvalue weighted by Crippen LogP contribution is -2.12. The maximum atomic E-state index is 14.3. The summed E-state index contributed by atoms with van der Waals surface area (Å²) < 4.78 is 108. The number of carbonyl (C=O) groups excluding carboxylic acids is 2. The zero-order valence-electron chi connectivity index (χ0n) is 19.8. The SMILES string of the molecule is O=C(Oc1ccc2c(C(F)(F)F)c3cc(OC(=O)c4cccc(F)c4F)ccc3cc2c1)c1cccc(F)c1F. The highest BCUT2D eigenvalue weighted by molar-refractivity contribution is 6.04. The van der Waals surface area contributed by atoms with E-state index in [2.05, 4.69) is 0 Å². The maximum Gasteiger partial charge on any atom is 0.417 e. The molecule has 0 aliphatic heterocycles. The topological polar surface area (TPSA) is 52.6 Å². The zero-order chi connectivity index (χ0) is 28.8. The first-order valence-corrected chi connectivity index (χ1v) is 11.3. The van der Waals surface area contributed by atoms with E-state index in [0.717, 1.165) is 60.7 Å². The summed E-state index contributed by atoms with van der Waals surface area (Å²) in [6.45, 7) is 0. The highest BCUT2D eigenvalue weighted by atomic mass is 19.4. The minimum atomic E-state index is -4.90. The van der Waals surface area contributed by atoms with E-state index < -0.39 is 58.1 Å². The molecule has 0 heterocycles. The van der Waals surface area contributed by atoms with Gasteiger partial charge in [-0.3, -0.25) is 0 Å². The van der Waals surface area contributed by atoms with Crippen LogP contribution in [0.2, 0.25) is 0 Å². The summed E-state index contributed by atoms with van der Waals surface area (Å²) in [5, 5.41) is -0.624. The number of esters is 2. The van der Waals surface area contributed by atoms with Crippen molar-refractivity contribution in [3.05, 3.63) is 119 Å². The van der Waals surface area contributed by atoms with Gasteiger partial charge in [0.15, 0.2) is 23.3 Å². The summed E-state index contributed by atoms with van der Waals surface area (Å²) in [6.07, 6.45) is -4.90. The van der Waals surface area contributed by atoms with Crippen molar-refractivity contribution < 1.29 is 49.8 Å². The third kappa shape index (κ3) is 4.93. The highest BCUT2D eigenvalue weighted by Gasteiger charge is 2.35. The van der Waals surface area contributed by atoms with E-state index in [9.17, 15) is 40.3 Å². The van der Waals surface area contributed by atoms with E-state index in [0.29, 0.717) is 0 Å². The first-order valence-electron chi connectivity index (χ1n) is 11.3. The monoisotopic (exact) mass is 558 g/mol. The predicted octanol–water partition coefficient (Wildman–Crippen LogP) is 8.01. The van der Waals surface area contributed by atoms with Crippen LogP contribution >= 0.6 is 0 Å². The van der Waals surface area contributed by atoms with Crippen LogP contribution < -0.4 is 9.47 Å². The van der Waals surface area contributed by atoms with Gasteiger partial charge in [-0.15, -0.1) is 0 Å². The smallest absolute Gasteiger partial charge is 0.417 e. The number of halogens is 7. The fraction of sp³-hybridized carbons (Fsp3) is 0.0345. The molecular weight excluding hydrogens is 545 g/mol. The fourth-order valence-electron chi connectivity index (χ4n) is 4.16. The van der Waals surface area contributed by atoms with Crippen LogP contribution in [0.4, 0.5) is 30.7 Å². The minimum absolute atomic E-state index is 0.00332. The standard InChI is InChI=1S/C29H13F7O4/c30-22-5-1-3-19(25(22)32)27(37)39-16-9-10-18-15(12-16)11-14-7-8-17(13-21(14)24(18)29(34,35)36)40-28(38)20-4-2-6-23(31)26(20)33/h1-13H. The lowest BCUT2D eigenvalue weighted by molar-refractivity contribution is -0.135. The number of carbonyl (C=O) groups is 2. The fourth-order valence-corrected chi connectivity index (χ4v) is 4.16. The van der Waals surface area contributed by atoms with Crippen LogP contribution in [-0.4, -0.2) is 11.9 Å². The normalized spacial score (nSPS) is 11.6. The van der Waals surface area contributed by atoms with Crippen LogP contribution in [0.15, 0.2) is 78.9 Å². The predicted molar refractivity (Wildman–Crippen MR) is 129 cm³/mol. The van der Waals surface area contributed by atoms with Crippen LogP contribution in [0.1, 0.15) is 26.3 Å². The highest BCUT2D eigenvalue weighted by Crippen LogP contribution is 2.42. The van der Waals surface area contributed by atoms with Gasteiger partial charge in [-0.25, -0.2) is 27.2 Å². The summed E-state index contributed by atoms with van der Waals surface area (Å²) in [6, 6.07) is 13.6. The molecule has 0 N–H and O–H groups in total. The molecule has 4 nitrogen and oxygen atoms in total. The Kier molecular flexibility index (Phi) is 6.66. The Bertz CT molecular complexity index is 1830. The number of hydrogen-bond donors (Lipinski definition) is 0. The van der Waals surface area contributed by atoms with E-state index in [1.165, 1.54) is 18.2 Å². The van der Waals surface area contributed by atoms with Gasteiger partial charge in [-0.1, -0.05) is 24.3 Å². The van der Waals surface area contributed by atoms with Gasteiger partial charge >= 0.3 is 18.1 Å². The van der Waals surface area contributed by atoms with Gasteiger partial charge in [-0.2, -0.15) is 13.2 Å². The number of fused-ring (bicyclic) bond motifs is 2. The van der Waals surface area contributed by atoms with Crippen LogP contribution in [0.5, 0.6) is 11.5 Å². The lowest BCUT2D eigenvalue weighted by atomic mass is 9.96. The molecule has 0 bridgehead atoms. The molecule has 0 aliphatic rings. The Hall–Kier alpha value is -4.93. The van der Waals surface area contributed by atoms with Crippen LogP contribution in [0, 0.1) is 23.3 Å². The van der Waals surface area contributed by atoms with Crippen molar-refractivity contribution in [1.29, 1.82) is 0 Å². The molecule has 11 heteroatoms. The molecule has 40 heavy (non-hydrogen) atoms. The zero-order valence-corrected chi connectivity index (χ0v) is 19.8. The van der Waals surface area contributed by atoms with Gasteiger partial charge in [-0.05, 0) is 76.1 Å². The van der Waals surface area contributed by atoms with E-state index >= 15 is 0 Å². The summed E-state index contributed by atoms with van der Waals surface area (Å²) in [5.74, 6) is -8.63. The van der Waals surface area contributed by atoms with Crippen molar-refractivity contribution in [2.45, 2.75) is 6.18 Å². The van der Waals surface area contributed by atoms with E-state index in [1.807, 2.05) is 0 Å². The number of rotatable bonds is 4. The first kappa shape index (κ1) is 26.7. The molecule has 0 amide bonds. The van der Waals surface area contributed by atoms with Crippen molar-refractivity contribution >= 4 is 33.5 Å². The molecule has 0 radical (unpaired) electrons. The molecule has 0 aliphatic carbocycles. The van der Waals surface area contributed by atoms with Crippen molar-refractivity contribution in [2.75, 3.05) is 0 Å². The van der Waals surface area contributed by atoms with Crippen molar-refractivity contribution in [3.63, 3.8) is 0 Å². The van der Waals surface area contributed by atoms with Gasteiger partial charge in [0, 0.05) is 0 Å². The second-order valence-electron chi connectivity index (χ2n) is 8.50. The third-order valence-corrected chi connectivity index (χ3v) is 5.95.